The molecule has 1 fully saturated rings. The number of nitrogens with one attached hydrogen (secondary N) is 2. The summed E-state index contributed by atoms with van der Waals surface area (Å²) in [4.78, 5) is 59.6. The number of nitro groups is 1. The summed E-state index contributed by atoms with van der Waals surface area (Å²) >= 11 is 0. The number of benzene rings is 1. The van der Waals surface area contributed by atoms with Gasteiger partial charge in [-0.3, -0.25) is 24.5 Å². The van der Waals surface area contributed by atoms with Crippen molar-refractivity contribution in [2.75, 3.05) is 5.32 Å². The van der Waals surface area contributed by atoms with Gasteiger partial charge in [-0.2, -0.15) is 0 Å². The van der Waals surface area contributed by atoms with E-state index in [1.165, 1.54) is 18.2 Å². The summed E-state index contributed by atoms with van der Waals surface area (Å²) in [7, 11) is 0. The molecule has 1 aliphatic carbocycles. The number of carbonyl (C=O) groups is 3. The smallest absolute Gasteiger partial charge is 0.347 e. The SMILES string of the molecule is C=C(C)[C@H]1CCC2=Cc3c(cc(CNC(=O)[C@H](CC(=O)O)C(=O)Nc4ccc([N+](=O)[O-])cc4)oc3=O)O[C@H]2C1. The topological polar surface area (TPSA) is 178 Å². The molecule has 3 atom stereocenters. The van der Waals surface area contributed by atoms with Gasteiger partial charge in [0, 0.05) is 23.9 Å². The van der Waals surface area contributed by atoms with E-state index in [1.807, 2.05) is 6.92 Å². The number of nitro benzene ring substituents is 1. The van der Waals surface area contributed by atoms with E-state index in [2.05, 4.69) is 17.2 Å². The number of amides is 2. The number of aliphatic carboxylic acids is 1. The first-order valence-electron chi connectivity index (χ1n) is 12.3. The number of carbonyl (C=O) groups excluding carboxylic acids is 2. The predicted octanol–water partition coefficient (Wildman–Crippen LogP) is 3.41. The molecule has 3 N–H and O–H groups in total. The Morgan fingerprint density at radius 2 is 1.95 bits per heavy atom. The Morgan fingerprint density at radius 1 is 1.23 bits per heavy atom. The summed E-state index contributed by atoms with van der Waals surface area (Å²) in [5.74, 6) is -4.12. The highest BCUT2D eigenvalue weighted by Crippen LogP contribution is 2.39. The van der Waals surface area contributed by atoms with Gasteiger partial charge >= 0.3 is 11.6 Å². The molecule has 12 heteroatoms. The minimum atomic E-state index is -1.62. The summed E-state index contributed by atoms with van der Waals surface area (Å²) in [6.45, 7) is 5.73. The fraction of sp³-hybridized carbons (Fsp3) is 0.333. The van der Waals surface area contributed by atoms with Crippen LogP contribution in [-0.2, 0) is 20.9 Å². The number of anilines is 1. The highest BCUT2D eigenvalue weighted by atomic mass is 16.6. The largest absolute Gasteiger partial charge is 0.485 e. The van der Waals surface area contributed by atoms with Crippen molar-refractivity contribution in [2.45, 2.75) is 45.3 Å². The van der Waals surface area contributed by atoms with Crippen LogP contribution < -0.4 is 21.0 Å². The molecule has 1 aromatic heterocycles. The second kappa shape index (κ2) is 11.3. The van der Waals surface area contributed by atoms with E-state index < -0.39 is 40.7 Å². The van der Waals surface area contributed by atoms with Gasteiger partial charge < -0.3 is 24.9 Å². The second-order valence-corrected chi connectivity index (χ2v) is 9.58. The van der Waals surface area contributed by atoms with Crippen LogP contribution in [0.2, 0.25) is 0 Å². The van der Waals surface area contributed by atoms with Crippen molar-refractivity contribution < 1.29 is 33.6 Å². The Morgan fingerprint density at radius 3 is 2.59 bits per heavy atom. The van der Waals surface area contributed by atoms with Crippen LogP contribution >= 0.6 is 0 Å². The molecule has 0 radical (unpaired) electrons. The Kier molecular flexibility index (Phi) is 7.93. The van der Waals surface area contributed by atoms with Gasteiger partial charge in [0.2, 0.25) is 11.8 Å². The lowest BCUT2D eigenvalue weighted by Crippen LogP contribution is -2.39. The van der Waals surface area contributed by atoms with Crippen LogP contribution in [0.3, 0.4) is 0 Å². The third kappa shape index (κ3) is 6.40. The van der Waals surface area contributed by atoms with E-state index in [4.69, 9.17) is 9.15 Å². The minimum absolute atomic E-state index is 0.0704. The summed E-state index contributed by atoms with van der Waals surface area (Å²) in [5.41, 5.74) is 1.70. The average molecular weight is 538 g/mol. The van der Waals surface area contributed by atoms with Gasteiger partial charge in [0.25, 0.3) is 5.69 Å². The van der Waals surface area contributed by atoms with Crippen molar-refractivity contribution in [1.29, 1.82) is 0 Å². The molecule has 0 spiro atoms. The zero-order valence-corrected chi connectivity index (χ0v) is 21.1. The molecule has 4 rings (SSSR count). The van der Waals surface area contributed by atoms with Crippen molar-refractivity contribution in [1.82, 2.24) is 5.32 Å². The molecule has 204 valence electrons. The summed E-state index contributed by atoms with van der Waals surface area (Å²) < 4.78 is 11.4. The molecule has 2 aliphatic rings. The number of hydrogen-bond donors (Lipinski definition) is 3. The van der Waals surface area contributed by atoms with Crippen LogP contribution in [0.4, 0.5) is 11.4 Å². The van der Waals surface area contributed by atoms with Crippen LogP contribution in [0.25, 0.3) is 6.08 Å². The number of nitrogens with zero attached hydrogens (tertiary/aromatic N) is 1. The van der Waals surface area contributed by atoms with Crippen LogP contribution in [0.15, 0.2) is 57.3 Å². The predicted molar refractivity (Wildman–Crippen MR) is 139 cm³/mol. The molecule has 0 saturated heterocycles. The molecule has 1 saturated carbocycles. The Hall–Kier alpha value is -4.74. The first-order valence-corrected chi connectivity index (χ1v) is 12.3. The molecule has 2 heterocycles. The second-order valence-electron chi connectivity index (χ2n) is 9.58. The number of carboxylic acid groups (broad SMARTS) is 1. The van der Waals surface area contributed by atoms with Crippen LogP contribution in [0, 0.1) is 22.0 Å². The van der Waals surface area contributed by atoms with Gasteiger partial charge in [-0.1, -0.05) is 12.2 Å². The quantitative estimate of drug-likeness (QED) is 0.187. The normalized spacial score (nSPS) is 18.3. The molecule has 0 bridgehead atoms. The summed E-state index contributed by atoms with van der Waals surface area (Å²) in [6, 6.07) is 6.34. The Labute approximate surface area is 222 Å². The zero-order chi connectivity index (χ0) is 28.3. The molecule has 12 nitrogen and oxygen atoms in total. The lowest BCUT2D eigenvalue weighted by molar-refractivity contribution is -0.384. The molecule has 2 amide bonds. The average Bonchev–Trinajstić information content (AvgIpc) is 2.89. The van der Waals surface area contributed by atoms with Gasteiger partial charge in [0.05, 0.1) is 17.9 Å². The summed E-state index contributed by atoms with van der Waals surface area (Å²) in [5, 5.41) is 24.9. The highest BCUT2D eigenvalue weighted by molar-refractivity contribution is 6.08. The van der Waals surface area contributed by atoms with Crippen molar-refractivity contribution in [3.05, 3.63) is 79.9 Å². The number of carboxylic acids is 1. The van der Waals surface area contributed by atoms with E-state index in [0.717, 1.165) is 42.5 Å². The minimum Gasteiger partial charge on any atom is -0.485 e. The van der Waals surface area contributed by atoms with Crippen molar-refractivity contribution in [3.63, 3.8) is 0 Å². The van der Waals surface area contributed by atoms with E-state index >= 15 is 0 Å². The van der Waals surface area contributed by atoms with Gasteiger partial charge in [-0.05, 0) is 55.9 Å². The standard InChI is InChI=1S/C27H27N3O9/c1-14(2)15-3-4-16-9-20-23(39-22(16)10-15)11-19(38-27(20)35)13-28-25(33)21(12-24(31)32)26(34)29-17-5-7-18(8-6-17)30(36)37/h5-9,11,15,21-22H,1,3-4,10,12-13H2,2H3,(H,28,33)(H,29,34)(H,31,32)/t15-,21-,22-/m0/s1. The molecule has 39 heavy (non-hydrogen) atoms. The summed E-state index contributed by atoms with van der Waals surface area (Å²) in [6.07, 6.45) is 3.25. The van der Waals surface area contributed by atoms with Crippen LogP contribution in [0.1, 0.15) is 43.9 Å². The maximum Gasteiger partial charge on any atom is 0.347 e. The first kappa shape index (κ1) is 27.3. The molecule has 0 unspecified atom stereocenters. The number of allylic oxidation sites excluding steroid dienone is 1. The number of fused-ring (bicyclic) bond motifs is 2. The molecule has 2 aromatic rings. The van der Waals surface area contributed by atoms with Crippen LogP contribution in [-0.4, -0.2) is 33.9 Å². The number of non-ortho nitro benzene ring substituents is 1. The Bertz CT molecular complexity index is 1420. The maximum atomic E-state index is 12.8. The Balaban J connectivity index is 1.44. The van der Waals surface area contributed by atoms with E-state index in [1.54, 1.807) is 6.08 Å². The molecular weight excluding hydrogens is 510 g/mol. The molecule has 1 aromatic carbocycles. The fourth-order valence-corrected chi connectivity index (χ4v) is 4.62. The molecule has 1 aliphatic heterocycles. The maximum absolute atomic E-state index is 12.8. The first-order chi connectivity index (χ1) is 18.5. The van der Waals surface area contributed by atoms with E-state index in [9.17, 15) is 34.4 Å². The fourth-order valence-electron chi connectivity index (χ4n) is 4.62. The van der Waals surface area contributed by atoms with E-state index in [0.29, 0.717) is 11.7 Å². The van der Waals surface area contributed by atoms with Crippen molar-refractivity contribution >= 4 is 35.2 Å². The molecular formula is C27H27N3O9. The lowest BCUT2D eigenvalue weighted by atomic mass is 9.79. The van der Waals surface area contributed by atoms with Gasteiger partial charge in [0.15, 0.2) is 0 Å². The van der Waals surface area contributed by atoms with Gasteiger partial charge in [-0.25, -0.2) is 4.79 Å². The van der Waals surface area contributed by atoms with Gasteiger partial charge in [0.1, 0.15) is 29.1 Å². The number of hydrogen-bond acceptors (Lipinski definition) is 8. The number of ether oxygens (including phenoxy) is 1. The van der Waals surface area contributed by atoms with E-state index in [-0.39, 0.29) is 35.3 Å². The highest BCUT2D eigenvalue weighted by Gasteiger charge is 2.33. The lowest BCUT2D eigenvalue weighted by Gasteiger charge is -2.35. The van der Waals surface area contributed by atoms with Crippen molar-refractivity contribution in [2.24, 2.45) is 11.8 Å². The monoisotopic (exact) mass is 537 g/mol. The van der Waals surface area contributed by atoms with Gasteiger partial charge in [-0.15, -0.1) is 0 Å². The van der Waals surface area contributed by atoms with Crippen molar-refractivity contribution in [3.8, 4) is 5.75 Å². The van der Waals surface area contributed by atoms with Crippen LogP contribution in [0.5, 0.6) is 5.75 Å². The number of rotatable bonds is 9. The third-order valence-electron chi connectivity index (χ3n) is 6.78. The zero-order valence-electron chi connectivity index (χ0n) is 21.1. The third-order valence-corrected chi connectivity index (χ3v) is 6.78.